The molecule has 40 heavy (non-hydrogen) atoms. The zero-order chi connectivity index (χ0) is 28.9. The third-order valence-electron chi connectivity index (χ3n) is 6.75. The molecule has 0 bridgehead atoms. The Labute approximate surface area is 241 Å². The molecular weight excluding hydrogens is 557 g/mol. The van der Waals surface area contributed by atoms with Gasteiger partial charge in [-0.05, 0) is 43.5 Å². The van der Waals surface area contributed by atoms with Gasteiger partial charge in [0.15, 0.2) is 5.82 Å². The molecule has 0 spiro atoms. The van der Waals surface area contributed by atoms with Crippen molar-refractivity contribution >= 4 is 52.6 Å². The molecule has 0 saturated carbocycles. The predicted octanol–water partition coefficient (Wildman–Crippen LogP) is 3.33. The minimum atomic E-state index is -0.624. The van der Waals surface area contributed by atoms with E-state index in [4.69, 9.17) is 34.1 Å². The second-order valence-corrected chi connectivity index (χ2v) is 10.5. The summed E-state index contributed by atoms with van der Waals surface area (Å²) in [6, 6.07) is 11.6. The van der Waals surface area contributed by atoms with Crippen molar-refractivity contribution in [1.82, 2.24) is 26.1 Å². The molecule has 4 rings (SSSR count). The predicted molar refractivity (Wildman–Crippen MR) is 152 cm³/mol. The van der Waals surface area contributed by atoms with Crippen LogP contribution in [0.5, 0.6) is 0 Å². The first-order valence-electron chi connectivity index (χ1n) is 12.5. The van der Waals surface area contributed by atoms with Crippen LogP contribution in [0, 0.1) is 0 Å². The normalized spacial score (nSPS) is 14.3. The number of carbonyl (C=O) groups excluding carboxylic acids is 3. The highest BCUT2D eigenvalue weighted by Crippen LogP contribution is 2.35. The maximum absolute atomic E-state index is 12.6. The molecule has 210 valence electrons. The Morgan fingerprint density at radius 2 is 1.77 bits per heavy atom. The van der Waals surface area contributed by atoms with Crippen LogP contribution in [0.1, 0.15) is 42.1 Å². The Hall–Kier alpha value is -3.93. The van der Waals surface area contributed by atoms with Gasteiger partial charge in [0.2, 0.25) is 11.8 Å². The summed E-state index contributed by atoms with van der Waals surface area (Å²) in [4.78, 5) is 47.4. The molecule has 2 heterocycles. The first kappa shape index (κ1) is 29.1. The van der Waals surface area contributed by atoms with Crippen molar-refractivity contribution in [3.63, 3.8) is 0 Å². The van der Waals surface area contributed by atoms with Gasteiger partial charge in [0.1, 0.15) is 17.9 Å². The highest BCUT2D eigenvalue weighted by atomic mass is 35.5. The maximum Gasteiger partial charge on any atom is 0.274 e. The van der Waals surface area contributed by atoms with E-state index in [-0.39, 0.29) is 30.3 Å². The van der Waals surface area contributed by atoms with E-state index in [1.165, 1.54) is 12.1 Å². The molecule has 0 radical (unpaired) electrons. The second kappa shape index (κ2) is 12.5. The molecule has 6 N–H and O–H groups in total. The number of hydroxylamine groups is 1. The molecule has 1 aliphatic rings. The fourth-order valence-corrected chi connectivity index (χ4v) is 4.81. The number of hydrogen-bond acceptors (Lipinski definition) is 8. The van der Waals surface area contributed by atoms with E-state index in [2.05, 4.69) is 20.6 Å². The number of nitrogens with two attached hydrogens (primary N) is 1. The van der Waals surface area contributed by atoms with Crippen LogP contribution in [0.15, 0.2) is 48.7 Å². The van der Waals surface area contributed by atoms with Crippen LogP contribution in [0.3, 0.4) is 0 Å². The lowest BCUT2D eigenvalue weighted by Crippen LogP contribution is -2.54. The molecule has 13 heteroatoms. The number of aromatic nitrogens is 2. The molecule has 1 fully saturated rings. The monoisotopic (exact) mass is 585 g/mol. The van der Waals surface area contributed by atoms with Crippen molar-refractivity contribution in [2.45, 2.75) is 38.3 Å². The Morgan fingerprint density at radius 3 is 2.42 bits per heavy atom. The molecule has 0 unspecified atom stereocenters. The summed E-state index contributed by atoms with van der Waals surface area (Å²) in [7, 11) is 0. The first-order chi connectivity index (χ1) is 19.1. The van der Waals surface area contributed by atoms with Gasteiger partial charge in [-0.3, -0.25) is 19.6 Å². The number of rotatable bonds is 8. The molecule has 2 aromatic carbocycles. The highest BCUT2D eigenvalue weighted by Gasteiger charge is 2.32. The van der Waals surface area contributed by atoms with Crippen LogP contribution in [-0.4, -0.2) is 51.5 Å². The lowest BCUT2D eigenvalue weighted by Gasteiger charge is -2.40. The van der Waals surface area contributed by atoms with Crippen molar-refractivity contribution in [1.29, 1.82) is 0 Å². The SMILES string of the molecule is CC1(NC(=O)CC(=O)NCc2ccc(C(=O)NO)cc2)CCN(c2cnc(-c3cccc(Cl)c3Cl)c(N)n2)CC1. The number of nitrogens with one attached hydrogen (secondary N) is 3. The van der Waals surface area contributed by atoms with Crippen LogP contribution in [0.4, 0.5) is 11.6 Å². The molecule has 0 atom stereocenters. The largest absolute Gasteiger partial charge is 0.382 e. The summed E-state index contributed by atoms with van der Waals surface area (Å²) in [5.41, 5.74) is 9.37. The van der Waals surface area contributed by atoms with Gasteiger partial charge in [-0.15, -0.1) is 0 Å². The molecule has 1 saturated heterocycles. The number of halogens is 2. The molecule has 1 aromatic heterocycles. The zero-order valence-electron chi connectivity index (χ0n) is 21.7. The number of amides is 3. The Bertz CT molecular complexity index is 1410. The van der Waals surface area contributed by atoms with E-state index >= 15 is 0 Å². The van der Waals surface area contributed by atoms with Crippen LogP contribution < -0.4 is 26.7 Å². The molecule has 11 nitrogen and oxygen atoms in total. The zero-order valence-corrected chi connectivity index (χ0v) is 23.2. The first-order valence-corrected chi connectivity index (χ1v) is 13.3. The number of nitrogen functional groups attached to an aromatic ring is 1. The Morgan fingerprint density at radius 1 is 1.07 bits per heavy atom. The molecule has 1 aliphatic heterocycles. The third kappa shape index (κ3) is 6.98. The van der Waals surface area contributed by atoms with Crippen molar-refractivity contribution in [2.75, 3.05) is 23.7 Å². The summed E-state index contributed by atoms with van der Waals surface area (Å²) in [5.74, 6) is -0.546. The summed E-state index contributed by atoms with van der Waals surface area (Å²) >= 11 is 12.4. The van der Waals surface area contributed by atoms with Crippen molar-refractivity contribution in [3.8, 4) is 11.3 Å². The number of benzene rings is 2. The van der Waals surface area contributed by atoms with Gasteiger partial charge in [0, 0.05) is 36.3 Å². The van der Waals surface area contributed by atoms with Gasteiger partial charge in [-0.2, -0.15) is 0 Å². The maximum atomic E-state index is 12.6. The molecule has 3 amide bonds. The second-order valence-electron chi connectivity index (χ2n) is 9.75. The van der Waals surface area contributed by atoms with E-state index in [9.17, 15) is 14.4 Å². The van der Waals surface area contributed by atoms with Gasteiger partial charge < -0.3 is 21.3 Å². The number of carbonyl (C=O) groups is 3. The number of nitrogens with zero attached hydrogens (tertiary/aromatic N) is 3. The molecule has 3 aromatic rings. The minimum absolute atomic E-state index is 0.200. The van der Waals surface area contributed by atoms with E-state index in [1.54, 1.807) is 42.0 Å². The number of anilines is 2. The van der Waals surface area contributed by atoms with Crippen LogP contribution >= 0.6 is 23.2 Å². The van der Waals surface area contributed by atoms with E-state index < -0.39 is 17.4 Å². The van der Waals surface area contributed by atoms with E-state index in [1.807, 2.05) is 11.8 Å². The average Bonchev–Trinajstić information content (AvgIpc) is 2.93. The van der Waals surface area contributed by atoms with Crippen LogP contribution in [0.25, 0.3) is 11.3 Å². The number of hydrogen-bond donors (Lipinski definition) is 5. The van der Waals surface area contributed by atoms with Crippen molar-refractivity contribution in [3.05, 3.63) is 69.8 Å². The minimum Gasteiger partial charge on any atom is -0.382 e. The summed E-state index contributed by atoms with van der Waals surface area (Å²) in [5, 5.41) is 15.1. The van der Waals surface area contributed by atoms with E-state index in [0.29, 0.717) is 53.1 Å². The standard InChI is InChI=1S/C27H29Cl2N7O4/c1-27(34-22(38)13-21(37)31-14-16-5-7-17(8-6-16)26(39)35-40)9-11-36(12-10-27)20-15-32-24(25(30)33-20)18-3-2-4-19(28)23(18)29/h2-8,15,40H,9-14H2,1H3,(H2,30,33)(H,31,37)(H,34,38)(H,35,39). The van der Waals surface area contributed by atoms with Gasteiger partial charge in [-0.25, -0.2) is 15.4 Å². The quantitative estimate of drug-likeness (QED) is 0.153. The lowest BCUT2D eigenvalue weighted by atomic mass is 9.89. The fraction of sp³-hybridized carbons (Fsp3) is 0.296. The average molecular weight is 586 g/mol. The number of piperidine rings is 1. The van der Waals surface area contributed by atoms with Crippen LogP contribution in [-0.2, 0) is 16.1 Å². The smallest absolute Gasteiger partial charge is 0.274 e. The summed E-state index contributed by atoms with van der Waals surface area (Å²) in [6.07, 6.45) is 2.61. The lowest BCUT2D eigenvalue weighted by molar-refractivity contribution is -0.130. The van der Waals surface area contributed by atoms with Gasteiger partial charge >= 0.3 is 0 Å². The van der Waals surface area contributed by atoms with Gasteiger partial charge in [-0.1, -0.05) is 47.5 Å². The van der Waals surface area contributed by atoms with Crippen LogP contribution in [0.2, 0.25) is 10.0 Å². The fourth-order valence-electron chi connectivity index (χ4n) is 4.42. The topological polar surface area (TPSA) is 163 Å². The summed E-state index contributed by atoms with van der Waals surface area (Å²) < 4.78 is 0. The van der Waals surface area contributed by atoms with Gasteiger partial charge in [0.05, 0.1) is 16.2 Å². The van der Waals surface area contributed by atoms with E-state index in [0.717, 1.165) is 5.56 Å². The Kier molecular flexibility index (Phi) is 9.08. The molecular formula is C27H29Cl2N7O4. The van der Waals surface area contributed by atoms with Gasteiger partial charge in [0.25, 0.3) is 5.91 Å². The van der Waals surface area contributed by atoms with Crippen molar-refractivity contribution < 1.29 is 19.6 Å². The third-order valence-corrected chi connectivity index (χ3v) is 7.57. The highest BCUT2D eigenvalue weighted by molar-refractivity contribution is 6.43. The van der Waals surface area contributed by atoms with Crippen molar-refractivity contribution in [2.24, 2.45) is 0 Å². The Balaban J connectivity index is 1.26. The summed E-state index contributed by atoms with van der Waals surface area (Å²) in [6.45, 7) is 3.37. The molecule has 0 aliphatic carbocycles.